The van der Waals surface area contributed by atoms with Gasteiger partial charge in [0.05, 0.1) is 10.6 Å². The molecule has 0 fully saturated rings. The lowest BCUT2D eigenvalue weighted by Gasteiger charge is -2.01. The summed E-state index contributed by atoms with van der Waals surface area (Å²) < 4.78 is 0. The monoisotopic (exact) mass is 214 g/mol. The van der Waals surface area contributed by atoms with Crippen molar-refractivity contribution in [1.29, 1.82) is 5.26 Å². The highest BCUT2D eigenvalue weighted by Crippen LogP contribution is 2.24. The van der Waals surface area contributed by atoms with Gasteiger partial charge in [-0.05, 0) is 23.8 Å². The number of hydrogen-bond acceptors (Lipinski definition) is 2. The van der Waals surface area contributed by atoms with Gasteiger partial charge in [-0.1, -0.05) is 23.7 Å². The second-order valence-corrected chi connectivity index (χ2v) is 3.46. The molecule has 15 heavy (non-hydrogen) atoms. The van der Waals surface area contributed by atoms with Crippen molar-refractivity contribution in [3.8, 4) is 17.2 Å². The van der Waals surface area contributed by atoms with Gasteiger partial charge in [0.25, 0.3) is 0 Å². The van der Waals surface area contributed by atoms with E-state index in [4.69, 9.17) is 16.9 Å². The maximum atomic E-state index is 8.73. The van der Waals surface area contributed by atoms with Crippen LogP contribution in [0.25, 0.3) is 11.1 Å². The van der Waals surface area contributed by atoms with Crippen LogP contribution in [0.15, 0.2) is 42.7 Å². The van der Waals surface area contributed by atoms with Gasteiger partial charge in [0.15, 0.2) is 0 Å². The molecule has 0 aliphatic rings. The quantitative estimate of drug-likeness (QED) is 0.731. The smallest absolute Gasteiger partial charge is 0.101 e. The van der Waals surface area contributed by atoms with Gasteiger partial charge in [0, 0.05) is 18.0 Å². The van der Waals surface area contributed by atoms with E-state index in [1.165, 1.54) is 0 Å². The van der Waals surface area contributed by atoms with Crippen LogP contribution in [0.3, 0.4) is 0 Å². The molecule has 72 valence electrons. The Hall–Kier alpha value is -1.85. The number of halogens is 1. The van der Waals surface area contributed by atoms with Gasteiger partial charge in [0.2, 0.25) is 0 Å². The fraction of sp³-hybridized carbons (Fsp3) is 0. The van der Waals surface area contributed by atoms with Gasteiger partial charge in [0.1, 0.15) is 6.07 Å². The molecule has 2 nitrogen and oxygen atoms in total. The number of nitrogens with zero attached hydrogens (tertiary/aromatic N) is 2. The zero-order valence-electron chi connectivity index (χ0n) is 7.81. The van der Waals surface area contributed by atoms with Crippen molar-refractivity contribution in [3.05, 3.63) is 53.3 Å². The van der Waals surface area contributed by atoms with Crippen LogP contribution in [0, 0.1) is 11.3 Å². The molecule has 1 aromatic heterocycles. The van der Waals surface area contributed by atoms with Crippen molar-refractivity contribution in [2.45, 2.75) is 0 Å². The molecule has 0 aliphatic heterocycles. The molecule has 0 atom stereocenters. The van der Waals surface area contributed by atoms with Crippen molar-refractivity contribution >= 4 is 11.6 Å². The van der Waals surface area contributed by atoms with E-state index >= 15 is 0 Å². The molecular formula is C12H7ClN2. The Morgan fingerprint density at radius 2 is 2.07 bits per heavy atom. The van der Waals surface area contributed by atoms with Crippen LogP contribution < -0.4 is 0 Å². The van der Waals surface area contributed by atoms with Crippen molar-refractivity contribution < 1.29 is 0 Å². The largest absolute Gasteiger partial charge is 0.264 e. The van der Waals surface area contributed by atoms with E-state index in [1.807, 2.05) is 24.3 Å². The van der Waals surface area contributed by atoms with Gasteiger partial charge in [-0.3, -0.25) is 4.98 Å². The van der Waals surface area contributed by atoms with E-state index in [2.05, 4.69) is 4.98 Å². The first kappa shape index (κ1) is 9.70. The van der Waals surface area contributed by atoms with Crippen LogP contribution in [-0.4, -0.2) is 4.98 Å². The third-order valence-electron chi connectivity index (χ3n) is 2.08. The van der Waals surface area contributed by atoms with Crippen LogP contribution in [-0.2, 0) is 0 Å². The van der Waals surface area contributed by atoms with Crippen LogP contribution in [0.5, 0.6) is 0 Å². The lowest BCUT2D eigenvalue weighted by atomic mass is 10.1. The Morgan fingerprint density at radius 1 is 1.20 bits per heavy atom. The molecule has 2 aromatic rings. The molecule has 1 heterocycles. The molecule has 0 saturated heterocycles. The first-order valence-electron chi connectivity index (χ1n) is 4.41. The maximum absolute atomic E-state index is 8.73. The first-order chi connectivity index (χ1) is 7.31. The summed E-state index contributed by atoms with van der Waals surface area (Å²) in [6.07, 6.45) is 3.48. The summed E-state index contributed by atoms with van der Waals surface area (Å²) in [4.78, 5) is 4.03. The Bertz CT molecular complexity index is 515. The Kier molecular flexibility index (Phi) is 2.66. The van der Waals surface area contributed by atoms with E-state index in [0.717, 1.165) is 11.1 Å². The van der Waals surface area contributed by atoms with Crippen molar-refractivity contribution in [3.63, 3.8) is 0 Å². The average molecular weight is 215 g/mol. The van der Waals surface area contributed by atoms with Crippen LogP contribution in [0.2, 0.25) is 5.02 Å². The minimum atomic E-state index is 0.471. The second kappa shape index (κ2) is 4.12. The summed E-state index contributed by atoms with van der Waals surface area (Å²) in [6, 6.07) is 11.2. The summed E-state index contributed by atoms with van der Waals surface area (Å²) >= 11 is 5.94. The van der Waals surface area contributed by atoms with Crippen molar-refractivity contribution in [2.75, 3.05) is 0 Å². The summed E-state index contributed by atoms with van der Waals surface area (Å²) in [6.45, 7) is 0. The van der Waals surface area contributed by atoms with E-state index < -0.39 is 0 Å². The molecule has 3 heteroatoms. The molecule has 1 aromatic carbocycles. The van der Waals surface area contributed by atoms with E-state index in [0.29, 0.717) is 10.6 Å². The van der Waals surface area contributed by atoms with Crippen molar-refractivity contribution in [1.82, 2.24) is 4.98 Å². The molecule has 0 saturated carbocycles. The number of aromatic nitrogens is 1. The lowest BCUT2D eigenvalue weighted by Crippen LogP contribution is -1.82. The topological polar surface area (TPSA) is 36.7 Å². The fourth-order valence-corrected chi connectivity index (χ4v) is 1.54. The number of rotatable bonds is 1. The zero-order valence-corrected chi connectivity index (χ0v) is 8.57. The molecule has 0 radical (unpaired) electrons. The predicted octanol–water partition coefficient (Wildman–Crippen LogP) is 3.27. The van der Waals surface area contributed by atoms with Gasteiger partial charge in [-0.15, -0.1) is 0 Å². The number of benzene rings is 1. The van der Waals surface area contributed by atoms with Gasteiger partial charge >= 0.3 is 0 Å². The normalized spacial score (nSPS) is 9.60. The minimum Gasteiger partial charge on any atom is -0.264 e. The summed E-state index contributed by atoms with van der Waals surface area (Å²) in [5.41, 5.74) is 2.44. The van der Waals surface area contributed by atoms with Crippen LogP contribution in [0.1, 0.15) is 5.56 Å². The van der Waals surface area contributed by atoms with Crippen LogP contribution in [0.4, 0.5) is 0 Å². The Labute approximate surface area is 92.8 Å². The third kappa shape index (κ3) is 1.98. The highest BCUT2D eigenvalue weighted by atomic mass is 35.5. The van der Waals surface area contributed by atoms with Gasteiger partial charge < -0.3 is 0 Å². The molecule has 0 bridgehead atoms. The Balaban J connectivity index is 2.49. The van der Waals surface area contributed by atoms with Gasteiger partial charge in [-0.2, -0.15) is 5.26 Å². The molecular weight excluding hydrogens is 208 g/mol. The maximum Gasteiger partial charge on any atom is 0.101 e. The van der Waals surface area contributed by atoms with E-state index in [-0.39, 0.29) is 0 Å². The Morgan fingerprint density at radius 3 is 2.67 bits per heavy atom. The van der Waals surface area contributed by atoms with E-state index in [9.17, 15) is 0 Å². The molecule has 0 unspecified atom stereocenters. The summed E-state index contributed by atoms with van der Waals surface area (Å²) in [7, 11) is 0. The lowest BCUT2D eigenvalue weighted by molar-refractivity contribution is 1.33. The SMILES string of the molecule is N#Cc1ccc(-c2cccnc2)cc1Cl. The molecule has 0 spiro atoms. The summed E-state index contributed by atoms with van der Waals surface area (Å²) in [5.74, 6) is 0. The predicted molar refractivity (Wildman–Crippen MR) is 59.4 cm³/mol. The first-order valence-corrected chi connectivity index (χ1v) is 4.79. The van der Waals surface area contributed by atoms with E-state index in [1.54, 1.807) is 24.5 Å². The molecule has 0 N–H and O–H groups in total. The van der Waals surface area contributed by atoms with Crippen molar-refractivity contribution in [2.24, 2.45) is 0 Å². The minimum absolute atomic E-state index is 0.471. The highest BCUT2D eigenvalue weighted by Gasteiger charge is 2.02. The molecule has 0 aliphatic carbocycles. The zero-order chi connectivity index (χ0) is 10.7. The molecule has 0 amide bonds. The standard InChI is InChI=1S/C12H7ClN2/c13-12-6-9(3-4-10(12)7-14)11-2-1-5-15-8-11/h1-6,8H. The van der Waals surface area contributed by atoms with Gasteiger partial charge in [-0.25, -0.2) is 0 Å². The highest BCUT2D eigenvalue weighted by molar-refractivity contribution is 6.32. The molecule has 2 rings (SSSR count). The average Bonchev–Trinajstić information content (AvgIpc) is 2.30. The fourth-order valence-electron chi connectivity index (χ4n) is 1.32. The summed E-state index contributed by atoms with van der Waals surface area (Å²) in [5, 5.41) is 9.20. The number of nitriles is 1. The number of pyridine rings is 1. The number of hydrogen-bond donors (Lipinski definition) is 0. The van der Waals surface area contributed by atoms with Crippen LogP contribution >= 0.6 is 11.6 Å². The third-order valence-corrected chi connectivity index (χ3v) is 2.40. The second-order valence-electron chi connectivity index (χ2n) is 3.05.